The third kappa shape index (κ3) is 6.93. The molecule has 0 aliphatic carbocycles. The van der Waals surface area contributed by atoms with Gasteiger partial charge in [-0.15, -0.1) is 0 Å². The minimum absolute atomic E-state index is 0.0535. The van der Waals surface area contributed by atoms with Gasteiger partial charge in [0.05, 0.1) is 16.4 Å². The lowest BCUT2D eigenvalue weighted by atomic mass is 9.89. The first-order valence-corrected chi connectivity index (χ1v) is 20.0. The van der Waals surface area contributed by atoms with E-state index in [0.717, 1.165) is 48.5 Å². The molecule has 0 atom stereocenters. The normalized spacial score (nSPS) is 14.0. The molecule has 11 aromatic carbocycles. The maximum absolute atomic E-state index is 9.85. The SMILES string of the molecule is [2H]c1c([2H])c(N(c2c([2H])c([2H])c(-c3ccc4c(ccc5ccccc54)c3)c([2H])c2[2H])c2c([2H])c([2H])c(-c3c(-c4ccccc4)ccc4ccccc34)c([2H])c2[2H])c([2H])c([2H])c1-c1ccc(-c2ccccc2)cc1. The van der Waals surface area contributed by atoms with E-state index in [1.165, 1.54) is 0 Å². The number of rotatable bonds is 8. The smallest absolute Gasteiger partial charge is 0.0645 e. The van der Waals surface area contributed by atoms with Crippen molar-refractivity contribution < 1.29 is 16.4 Å². The van der Waals surface area contributed by atoms with E-state index in [1.807, 2.05) is 152 Å². The number of anilines is 3. The van der Waals surface area contributed by atoms with E-state index < -0.39 is 89.6 Å². The molecule has 0 saturated heterocycles. The van der Waals surface area contributed by atoms with Gasteiger partial charge in [0.25, 0.3) is 0 Å². The topological polar surface area (TPSA) is 3.24 Å². The molecule has 0 amide bonds. The fourth-order valence-electron chi connectivity index (χ4n) is 8.03. The van der Waals surface area contributed by atoms with Crippen molar-refractivity contribution in [2.75, 3.05) is 4.90 Å². The zero-order chi connectivity index (χ0) is 51.0. The Labute approximate surface area is 373 Å². The van der Waals surface area contributed by atoms with Crippen LogP contribution in [0.25, 0.3) is 88.0 Å². The highest BCUT2D eigenvalue weighted by Crippen LogP contribution is 2.42. The summed E-state index contributed by atoms with van der Waals surface area (Å²) in [5.74, 6) is 0. The number of benzene rings is 11. The van der Waals surface area contributed by atoms with Crippen molar-refractivity contribution in [3.8, 4) is 55.6 Å². The van der Waals surface area contributed by atoms with E-state index in [9.17, 15) is 16.4 Å². The molecule has 0 aromatic heterocycles. The summed E-state index contributed by atoms with van der Waals surface area (Å²) in [6.45, 7) is 0. The van der Waals surface area contributed by atoms with Crippen LogP contribution in [-0.4, -0.2) is 0 Å². The summed E-state index contributed by atoms with van der Waals surface area (Å²) in [6.07, 6.45) is 0. The molecule has 1 heteroatoms. The molecule has 0 saturated carbocycles. The summed E-state index contributed by atoms with van der Waals surface area (Å²) in [5, 5.41) is 5.16. The van der Waals surface area contributed by atoms with Gasteiger partial charge in [0.1, 0.15) is 0 Å². The van der Waals surface area contributed by atoms with Gasteiger partial charge in [-0.3, -0.25) is 0 Å². The summed E-state index contributed by atoms with van der Waals surface area (Å²) in [6, 6.07) is 47.2. The predicted molar refractivity (Wildman–Crippen MR) is 261 cm³/mol. The lowest BCUT2D eigenvalue weighted by molar-refractivity contribution is 1.28. The molecule has 0 spiro atoms. The minimum Gasteiger partial charge on any atom is -0.311 e. The molecule has 0 aliphatic rings. The summed E-state index contributed by atoms with van der Waals surface area (Å²) < 4.78 is 116. The average molecular weight is 788 g/mol. The fraction of sp³-hybridized carbons (Fsp3) is 0. The Morgan fingerprint density at radius 1 is 0.262 bits per heavy atom. The van der Waals surface area contributed by atoms with Crippen LogP contribution in [-0.2, 0) is 0 Å². The first-order chi connectivity index (χ1) is 35.3. The van der Waals surface area contributed by atoms with Crippen molar-refractivity contribution in [2.24, 2.45) is 0 Å². The molecule has 286 valence electrons. The molecule has 0 N–H and O–H groups in total. The standard InChI is InChI=1S/C60H41N/c1-3-11-42(12-4-1)43-19-21-44(22-20-43)45-25-33-53(34-26-45)61(54-35-27-46(28-36-54)51-32-39-57-52(41-51)24-23-48-15-7-9-17-56(48)57)55-37-29-50(30-38-55)60-58-18-10-8-16-49(58)31-40-59(60)47-13-5-2-6-14-47/h1-41H/i25D,26D,27D,28D,29D,30D,33D,34D,35D,36D,37D,38D. The first-order valence-electron chi connectivity index (χ1n) is 26.0. The molecule has 11 rings (SSSR count). The van der Waals surface area contributed by atoms with Crippen LogP contribution in [0.15, 0.2) is 248 Å². The number of fused-ring (bicyclic) bond motifs is 4. The van der Waals surface area contributed by atoms with Crippen molar-refractivity contribution in [3.63, 3.8) is 0 Å². The maximum atomic E-state index is 9.85. The molecule has 0 radical (unpaired) electrons. The Morgan fingerprint density at radius 2 is 0.672 bits per heavy atom. The summed E-state index contributed by atoms with van der Waals surface area (Å²) in [7, 11) is 0. The van der Waals surface area contributed by atoms with Gasteiger partial charge in [0.2, 0.25) is 0 Å². The monoisotopic (exact) mass is 787 g/mol. The third-order valence-corrected chi connectivity index (χ3v) is 11.1. The second kappa shape index (κ2) is 15.6. The van der Waals surface area contributed by atoms with Gasteiger partial charge in [-0.25, -0.2) is 0 Å². The van der Waals surface area contributed by atoms with Crippen molar-refractivity contribution in [3.05, 3.63) is 248 Å². The average Bonchev–Trinajstić information content (AvgIpc) is 3.42. The Hall–Kier alpha value is -8.00. The zero-order valence-corrected chi connectivity index (χ0v) is 32.7. The first kappa shape index (κ1) is 25.5. The molecule has 0 fully saturated rings. The molecule has 0 unspecified atom stereocenters. The van der Waals surface area contributed by atoms with E-state index in [2.05, 4.69) is 0 Å². The van der Waals surface area contributed by atoms with Crippen molar-refractivity contribution >= 4 is 49.4 Å². The van der Waals surface area contributed by atoms with Crippen LogP contribution in [0.5, 0.6) is 0 Å². The van der Waals surface area contributed by atoms with Gasteiger partial charge in [0.15, 0.2) is 0 Å². The largest absolute Gasteiger partial charge is 0.311 e. The van der Waals surface area contributed by atoms with Crippen LogP contribution in [0.4, 0.5) is 17.1 Å². The van der Waals surface area contributed by atoms with Crippen LogP contribution in [0.2, 0.25) is 0 Å². The second-order valence-electron chi connectivity index (χ2n) is 14.7. The summed E-state index contributed by atoms with van der Waals surface area (Å²) in [5.41, 5.74) is 2.41. The molecule has 0 heterocycles. The quantitative estimate of drug-likeness (QED) is 0.139. The van der Waals surface area contributed by atoms with E-state index in [0.29, 0.717) is 27.6 Å². The van der Waals surface area contributed by atoms with E-state index in [1.54, 1.807) is 24.3 Å². The number of nitrogens with zero attached hydrogens (tertiary/aromatic N) is 1. The number of hydrogen-bond acceptors (Lipinski definition) is 1. The van der Waals surface area contributed by atoms with Crippen molar-refractivity contribution in [1.82, 2.24) is 0 Å². The maximum Gasteiger partial charge on any atom is 0.0645 e. The van der Waals surface area contributed by atoms with Crippen LogP contribution in [0.1, 0.15) is 16.4 Å². The molecular weight excluding hydrogens is 735 g/mol. The fourth-order valence-corrected chi connectivity index (χ4v) is 8.03. The number of hydrogen-bond donors (Lipinski definition) is 0. The van der Waals surface area contributed by atoms with Gasteiger partial charge >= 0.3 is 0 Å². The molecule has 1 nitrogen and oxygen atoms in total. The van der Waals surface area contributed by atoms with Crippen molar-refractivity contribution in [1.29, 1.82) is 0 Å². The van der Waals surface area contributed by atoms with Gasteiger partial charge in [-0.2, -0.15) is 0 Å². The zero-order valence-electron chi connectivity index (χ0n) is 44.7. The molecule has 0 aliphatic heterocycles. The Morgan fingerprint density at radius 3 is 1.30 bits per heavy atom. The summed E-state index contributed by atoms with van der Waals surface area (Å²) >= 11 is 0. The van der Waals surface area contributed by atoms with Crippen LogP contribution in [0.3, 0.4) is 0 Å². The van der Waals surface area contributed by atoms with Crippen LogP contribution < -0.4 is 4.90 Å². The Balaban J connectivity index is 1.17. The van der Waals surface area contributed by atoms with E-state index in [-0.39, 0.29) is 16.7 Å². The third-order valence-electron chi connectivity index (χ3n) is 11.1. The van der Waals surface area contributed by atoms with Gasteiger partial charge in [0, 0.05) is 17.1 Å². The lowest BCUT2D eigenvalue weighted by Crippen LogP contribution is -2.09. The summed E-state index contributed by atoms with van der Waals surface area (Å²) in [4.78, 5) is 0.867. The lowest BCUT2D eigenvalue weighted by Gasteiger charge is -2.26. The van der Waals surface area contributed by atoms with E-state index >= 15 is 0 Å². The highest BCUT2D eigenvalue weighted by Gasteiger charge is 2.17. The molecular formula is C60H41N. The van der Waals surface area contributed by atoms with Gasteiger partial charge < -0.3 is 4.90 Å². The second-order valence-corrected chi connectivity index (χ2v) is 14.7. The molecule has 61 heavy (non-hydrogen) atoms. The predicted octanol–water partition coefficient (Wildman–Crippen LogP) is 17.0. The molecule has 0 bridgehead atoms. The Bertz CT molecular complexity index is 3960. The van der Waals surface area contributed by atoms with Gasteiger partial charge in [-0.1, -0.05) is 206 Å². The highest BCUT2D eigenvalue weighted by molar-refractivity contribution is 6.08. The van der Waals surface area contributed by atoms with E-state index in [4.69, 9.17) is 0 Å². The van der Waals surface area contributed by atoms with Crippen molar-refractivity contribution in [2.45, 2.75) is 0 Å². The van der Waals surface area contributed by atoms with Crippen LogP contribution in [0, 0.1) is 0 Å². The Kier molecular flexibility index (Phi) is 6.53. The minimum atomic E-state index is -0.678. The van der Waals surface area contributed by atoms with Gasteiger partial charge in [-0.05, 0) is 130 Å². The highest BCUT2D eigenvalue weighted by atomic mass is 15.1. The van der Waals surface area contributed by atoms with Crippen LogP contribution >= 0.6 is 0 Å². The molecule has 11 aromatic rings.